The standard InChI is InChI=1S/C8H5BrF2N2/c9-4-1-5-6(7(10)11)3-13-8(5)12-2-4/h1-3,7H,(H,12,13). The van der Waals surface area contributed by atoms with Crippen LogP contribution in [0.2, 0.25) is 0 Å². The molecule has 68 valence electrons. The van der Waals surface area contributed by atoms with Crippen LogP contribution in [0.1, 0.15) is 12.0 Å². The van der Waals surface area contributed by atoms with Gasteiger partial charge in [0.05, 0.1) is 0 Å². The number of halogens is 3. The molecule has 2 heterocycles. The summed E-state index contributed by atoms with van der Waals surface area (Å²) >= 11 is 3.18. The first kappa shape index (κ1) is 8.62. The Kier molecular flexibility index (Phi) is 2.03. The predicted molar refractivity (Wildman–Crippen MR) is 48.8 cm³/mol. The van der Waals surface area contributed by atoms with E-state index in [2.05, 4.69) is 25.9 Å². The minimum absolute atomic E-state index is 0.0104. The number of hydrogen-bond donors (Lipinski definition) is 1. The average Bonchev–Trinajstić information content (AvgIpc) is 2.46. The zero-order valence-corrected chi connectivity index (χ0v) is 7.98. The fraction of sp³-hybridized carbons (Fsp3) is 0.125. The molecule has 0 aliphatic heterocycles. The Hall–Kier alpha value is -0.970. The van der Waals surface area contributed by atoms with Gasteiger partial charge in [-0.25, -0.2) is 13.8 Å². The predicted octanol–water partition coefficient (Wildman–Crippen LogP) is 3.26. The number of nitrogens with zero attached hydrogens (tertiary/aromatic N) is 1. The van der Waals surface area contributed by atoms with Crippen molar-refractivity contribution in [1.29, 1.82) is 0 Å². The van der Waals surface area contributed by atoms with Crippen molar-refractivity contribution in [1.82, 2.24) is 9.97 Å². The zero-order chi connectivity index (χ0) is 9.42. The Labute approximate surface area is 81.1 Å². The Morgan fingerprint density at radius 2 is 2.23 bits per heavy atom. The highest BCUT2D eigenvalue weighted by Crippen LogP contribution is 2.28. The number of pyridine rings is 1. The highest BCUT2D eigenvalue weighted by molar-refractivity contribution is 9.10. The van der Waals surface area contributed by atoms with Crippen molar-refractivity contribution in [2.75, 3.05) is 0 Å². The first-order chi connectivity index (χ1) is 6.18. The number of rotatable bonds is 1. The molecule has 2 nitrogen and oxygen atoms in total. The van der Waals surface area contributed by atoms with Gasteiger partial charge in [0.25, 0.3) is 6.43 Å². The molecule has 0 saturated heterocycles. The van der Waals surface area contributed by atoms with Gasteiger partial charge in [0.2, 0.25) is 0 Å². The lowest BCUT2D eigenvalue weighted by molar-refractivity contribution is 0.153. The smallest absolute Gasteiger partial charge is 0.265 e. The van der Waals surface area contributed by atoms with Crippen molar-refractivity contribution < 1.29 is 8.78 Å². The molecule has 5 heteroatoms. The SMILES string of the molecule is FC(F)c1c[nH]c2ncc(Br)cc12. The normalized spacial score (nSPS) is 11.4. The number of hydrogen-bond acceptors (Lipinski definition) is 1. The van der Waals surface area contributed by atoms with E-state index >= 15 is 0 Å². The Bertz CT molecular complexity index is 439. The van der Waals surface area contributed by atoms with Crippen molar-refractivity contribution in [2.24, 2.45) is 0 Å². The monoisotopic (exact) mass is 246 g/mol. The van der Waals surface area contributed by atoms with E-state index in [4.69, 9.17) is 0 Å². The van der Waals surface area contributed by atoms with Crippen LogP contribution in [0, 0.1) is 0 Å². The van der Waals surface area contributed by atoms with E-state index in [1.165, 1.54) is 6.20 Å². The molecule has 0 spiro atoms. The third-order valence-electron chi connectivity index (χ3n) is 1.76. The summed E-state index contributed by atoms with van der Waals surface area (Å²) in [6.45, 7) is 0. The number of nitrogens with one attached hydrogen (secondary N) is 1. The Morgan fingerprint density at radius 1 is 1.46 bits per heavy atom. The highest BCUT2D eigenvalue weighted by atomic mass is 79.9. The summed E-state index contributed by atoms with van der Waals surface area (Å²) < 4.78 is 25.5. The summed E-state index contributed by atoms with van der Waals surface area (Å²) in [5.41, 5.74) is 0.474. The third-order valence-corrected chi connectivity index (χ3v) is 2.20. The van der Waals surface area contributed by atoms with Gasteiger partial charge in [0, 0.05) is 27.8 Å². The molecule has 0 aliphatic rings. The first-order valence-electron chi connectivity index (χ1n) is 3.59. The molecule has 2 aromatic heterocycles. The number of alkyl halides is 2. The van der Waals surface area contributed by atoms with Crippen molar-refractivity contribution in [3.05, 3.63) is 28.5 Å². The molecule has 0 radical (unpaired) electrons. The van der Waals surface area contributed by atoms with Crippen LogP contribution in [0.3, 0.4) is 0 Å². The van der Waals surface area contributed by atoms with E-state index in [-0.39, 0.29) is 5.56 Å². The summed E-state index contributed by atoms with van der Waals surface area (Å²) in [7, 11) is 0. The van der Waals surface area contributed by atoms with Crippen LogP contribution >= 0.6 is 15.9 Å². The van der Waals surface area contributed by atoms with E-state index in [1.807, 2.05) is 0 Å². The average molecular weight is 247 g/mol. The van der Waals surface area contributed by atoms with Crippen LogP contribution in [0.5, 0.6) is 0 Å². The van der Waals surface area contributed by atoms with Crippen molar-refractivity contribution in [3.63, 3.8) is 0 Å². The fourth-order valence-corrected chi connectivity index (χ4v) is 1.51. The van der Waals surface area contributed by atoms with Gasteiger partial charge in [-0.1, -0.05) is 0 Å². The van der Waals surface area contributed by atoms with E-state index in [1.54, 1.807) is 12.3 Å². The fourth-order valence-electron chi connectivity index (χ4n) is 1.18. The summed E-state index contributed by atoms with van der Waals surface area (Å²) in [5, 5.41) is 0.462. The van der Waals surface area contributed by atoms with Crippen LogP contribution in [0.25, 0.3) is 11.0 Å². The summed E-state index contributed by atoms with van der Waals surface area (Å²) in [5.74, 6) is 0. The van der Waals surface area contributed by atoms with E-state index in [9.17, 15) is 8.78 Å². The Balaban J connectivity index is 2.71. The Morgan fingerprint density at radius 3 is 2.92 bits per heavy atom. The molecule has 0 bridgehead atoms. The summed E-state index contributed by atoms with van der Waals surface area (Å²) in [4.78, 5) is 6.63. The van der Waals surface area contributed by atoms with Gasteiger partial charge in [-0.05, 0) is 22.0 Å². The number of aromatic amines is 1. The topological polar surface area (TPSA) is 28.7 Å². The largest absolute Gasteiger partial charge is 0.346 e. The van der Waals surface area contributed by atoms with Crippen LogP contribution in [0.4, 0.5) is 8.78 Å². The van der Waals surface area contributed by atoms with Gasteiger partial charge in [0.15, 0.2) is 0 Å². The van der Waals surface area contributed by atoms with Crippen LogP contribution < -0.4 is 0 Å². The van der Waals surface area contributed by atoms with E-state index in [0.717, 1.165) is 0 Å². The van der Waals surface area contributed by atoms with Crippen LogP contribution in [-0.4, -0.2) is 9.97 Å². The molecular weight excluding hydrogens is 242 g/mol. The lowest BCUT2D eigenvalue weighted by atomic mass is 10.2. The van der Waals surface area contributed by atoms with Gasteiger partial charge < -0.3 is 4.98 Å². The maximum absolute atomic E-state index is 12.4. The van der Waals surface area contributed by atoms with Crippen molar-refractivity contribution in [2.45, 2.75) is 6.43 Å². The zero-order valence-electron chi connectivity index (χ0n) is 6.39. The van der Waals surface area contributed by atoms with Gasteiger partial charge in [-0.15, -0.1) is 0 Å². The van der Waals surface area contributed by atoms with Crippen LogP contribution in [0.15, 0.2) is 22.9 Å². The molecule has 0 fully saturated rings. The molecule has 0 unspecified atom stereocenters. The minimum atomic E-state index is -2.47. The molecule has 0 atom stereocenters. The first-order valence-corrected chi connectivity index (χ1v) is 4.38. The lowest BCUT2D eigenvalue weighted by Gasteiger charge is -1.95. The highest BCUT2D eigenvalue weighted by Gasteiger charge is 2.13. The second kappa shape index (κ2) is 3.06. The molecule has 1 N–H and O–H groups in total. The maximum atomic E-state index is 12.4. The number of fused-ring (bicyclic) bond motifs is 1. The van der Waals surface area contributed by atoms with E-state index < -0.39 is 6.43 Å². The summed E-state index contributed by atoms with van der Waals surface area (Å²) in [6, 6.07) is 1.63. The molecule has 2 rings (SSSR count). The number of aromatic nitrogens is 2. The van der Waals surface area contributed by atoms with Crippen molar-refractivity contribution in [3.8, 4) is 0 Å². The second-order valence-corrected chi connectivity index (χ2v) is 3.51. The molecule has 0 aromatic carbocycles. The number of H-pyrrole nitrogens is 1. The third kappa shape index (κ3) is 1.44. The van der Waals surface area contributed by atoms with Gasteiger partial charge in [-0.3, -0.25) is 0 Å². The van der Waals surface area contributed by atoms with Crippen LogP contribution in [-0.2, 0) is 0 Å². The maximum Gasteiger partial charge on any atom is 0.265 e. The molecule has 13 heavy (non-hydrogen) atoms. The van der Waals surface area contributed by atoms with Gasteiger partial charge in [0.1, 0.15) is 5.65 Å². The molecule has 0 amide bonds. The lowest BCUT2D eigenvalue weighted by Crippen LogP contribution is -1.81. The molecule has 0 aliphatic carbocycles. The van der Waals surface area contributed by atoms with Gasteiger partial charge >= 0.3 is 0 Å². The van der Waals surface area contributed by atoms with Crippen molar-refractivity contribution >= 4 is 27.0 Å². The minimum Gasteiger partial charge on any atom is -0.346 e. The van der Waals surface area contributed by atoms with E-state index in [0.29, 0.717) is 15.5 Å². The molecule has 2 aromatic rings. The van der Waals surface area contributed by atoms with Gasteiger partial charge in [-0.2, -0.15) is 0 Å². The second-order valence-electron chi connectivity index (χ2n) is 2.59. The molecule has 0 saturated carbocycles. The quantitative estimate of drug-likeness (QED) is 0.823. The molecular formula is C8H5BrF2N2. The summed E-state index contributed by atoms with van der Waals surface area (Å²) in [6.07, 6.45) is 0.382.